The Labute approximate surface area is 179 Å². The first kappa shape index (κ1) is 20.4. The molecule has 10 nitrogen and oxygen atoms in total. The fourth-order valence-electron chi connectivity index (χ4n) is 3.21. The van der Waals surface area contributed by atoms with Crippen LogP contribution in [0.5, 0.6) is 0 Å². The molecular weight excluding hydrogens is 394 g/mol. The van der Waals surface area contributed by atoms with E-state index in [-0.39, 0.29) is 6.04 Å². The quantitative estimate of drug-likeness (QED) is 0.469. The van der Waals surface area contributed by atoms with Gasteiger partial charge in [-0.25, -0.2) is 14.6 Å². The Hall–Kier alpha value is -3.84. The summed E-state index contributed by atoms with van der Waals surface area (Å²) in [5, 5.41) is 35.9. The Morgan fingerprint density at radius 3 is 2.77 bits per heavy atom. The van der Waals surface area contributed by atoms with Crippen molar-refractivity contribution in [2.75, 3.05) is 5.32 Å². The van der Waals surface area contributed by atoms with Crippen LogP contribution in [-0.2, 0) is 6.42 Å². The molecule has 0 radical (unpaired) electrons. The molecule has 0 fully saturated rings. The van der Waals surface area contributed by atoms with Gasteiger partial charge >= 0.3 is 0 Å². The molecule has 0 aliphatic rings. The zero-order valence-electron chi connectivity index (χ0n) is 17.6. The van der Waals surface area contributed by atoms with Gasteiger partial charge in [-0.3, -0.25) is 0 Å². The molecule has 0 amide bonds. The molecule has 31 heavy (non-hydrogen) atoms. The van der Waals surface area contributed by atoms with E-state index in [1.54, 1.807) is 34.0 Å². The van der Waals surface area contributed by atoms with Crippen LogP contribution in [0, 0.1) is 11.3 Å². The van der Waals surface area contributed by atoms with Gasteiger partial charge in [0, 0.05) is 30.1 Å². The Balaban J connectivity index is 1.74. The molecular formula is C21H23N9O. The number of nitrogens with zero attached hydrogens (tertiary/aromatic N) is 8. The minimum Gasteiger partial charge on any atom is -0.393 e. The molecule has 1 unspecified atom stereocenters. The minimum absolute atomic E-state index is 0.171. The van der Waals surface area contributed by atoms with E-state index in [9.17, 15) is 5.11 Å². The number of aliphatic hydroxyl groups is 1. The average Bonchev–Trinajstić information content (AvgIpc) is 3.39. The second-order valence-corrected chi connectivity index (χ2v) is 7.58. The maximum Gasteiger partial charge on any atom is 0.164 e. The molecule has 1 atom stereocenters. The fourth-order valence-corrected chi connectivity index (χ4v) is 3.21. The average molecular weight is 417 g/mol. The van der Waals surface area contributed by atoms with E-state index in [1.165, 1.54) is 6.20 Å². The fraction of sp³-hybridized carbons (Fsp3) is 0.333. The number of aromatic nitrogens is 7. The SMILES string of the molecule is CCC(O)Cc1cn(-c2cnc(-n3ncc4cc(C#N)cnc43)cc2NC(C)C)nn1. The number of nitriles is 1. The van der Waals surface area contributed by atoms with Crippen LogP contribution < -0.4 is 5.32 Å². The second kappa shape index (κ2) is 8.49. The third-order valence-corrected chi connectivity index (χ3v) is 4.77. The van der Waals surface area contributed by atoms with Crippen molar-refractivity contribution in [2.45, 2.75) is 45.8 Å². The van der Waals surface area contributed by atoms with Crippen molar-refractivity contribution in [3.8, 4) is 17.6 Å². The van der Waals surface area contributed by atoms with Crippen molar-refractivity contribution in [3.05, 3.63) is 48.2 Å². The first-order valence-electron chi connectivity index (χ1n) is 10.1. The van der Waals surface area contributed by atoms with Crippen molar-refractivity contribution in [1.82, 2.24) is 34.7 Å². The highest BCUT2D eigenvalue weighted by Gasteiger charge is 2.15. The number of nitrogens with one attached hydrogen (secondary N) is 1. The predicted molar refractivity (Wildman–Crippen MR) is 115 cm³/mol. The third-order valence-electron chi connectivity index (χ3n) is 4.77. The van der Waals surface area contributed by atoms with Gasteiger partial charge in [-0.1, -0.05) is 12.1 Å². The van der Waals surface area contributed by atoms with Gasteiger partial charge in [0.15, 0.2) is 11.5 Å². The van der Waals surface area contributed by atoms with Crippen molar-refractivity contribution in [1.29, 1.82) is 5.26 Å². The Bertz CT molecular complexity index is 1250. The zero-order valence-corrected chi connectivity index (χ0v) is 17.6. The summed E-state index contributed by atoms with van der Waals surface area (Å²) in [6, 6.07) is 5.88. The highest BCUT2D eigenvalue weighted by atomic mass is 16.3. The van der Waals surface area contributed by atoms with Gasteiger partial charge in [-0.15, -0.1) is 5.10 Å². The first-order chi connectivity index (χ1) is 15.0. The van der Waals surface area contributed by atoms with Gasteiger partial charge in [0.25, 0.3) is 0 Å². The lowest BCUT2D eigenvalue weighted by Gasteiger charge is -2.15. The first-order valence-corrected chi connectivity index (χ1v) is 10.1. The lowest BCUT2D eigenvalue weighted by molar-refractivity contribution is 0.169. The monoisotopic (exact) mass is 417 g/mol. The maximum atomic E-state index is 9.89. The number of anilines is 1. The summed E-state index contributed by atoms with van der Waals surface area (Å²) in [6.07, 6.45) is 7.35. The largest absolute Gasteiger partial charge is 0.393 e. The zero-order chi connectivity index (χ0) is 22.0. The highest BCUT2D eigenvalue weighted by Crippen LogP contribution is 2.24. The molecule has 4 aromatic rings. The lowest BCUT2D eigenvalue weighted by Crippen LogP contribution is -2.14. The van der Waals surface area contributed by atoms with Crippen LogP contribution in [0.2, 0.25) is 0 Å². The molecule has 0 saturated carbocycles. The molecule has 10 heteroatoms. The van der Waals surface area contributed by atoms with Crippen molar-refractivity contribution < 1.29 is 5.11 Å². The van der Waals surface area contributed by atoms with Crippen LogP contribution in [-0.4, -0.2) is 52.0 Å². The minimum atomic E-state index is -0.443. The molecule has 158 valence electrons. The normalized spacial score (nSPS) is 12.3. The van der Waals surface area contributed by atoms with Crippen molar-refractivity contribution >= 4 is 16.7 Å². The molecule has 4 heterocycles. The van der Waals surface area contributed by atoms with E-state index in [1.807, 2.05) is 26.8 Å². The Morgan fingerprint density at radius 1 is 1.19 bits per heavy atom. The van der Waals surface area contributed by atoms with Crippen molar-refractivity contribution in [2.24, 2.45) is 0 Å². The molecule has 0 bridgehead atoms. The van der Waals surface area contributed by atoms with Gasteiger partial charge in [0.2, 0.25) is 0 Å². The smallest absolute Gasteiger partial charge is 0.164 e. The summed E-state index contributed by atoms with van der Waals surface area (Å²) >= 11 is 0. The molecule has 0 aliphatic carbocycles. The number of fused-ring (bicyclic) bond motifs is 1. The topological polar surface area (TPSA) is 130 Å². The molecule has 0 spiro atoms. The van der Waals surface area contributed by atoms with Gasteiger partial charge in [0.1, 0.15) is 11.8 Å². The number of pyridine rings is 2. The van der Waals surface area contributed by atoms with Crippen LogP contribution in [0.3, 0.4) is 0 Å². The van der Waals surface area contributed by atoms with E-state index in [0.29, 0.717) is 35.6 Å². The predicted octanol–water partition coefficient (Wildman–Crippen LogP) is 2.40. The lowest BCUT2D eigenvalue weighted by atomic mass is 10.2. The van der Waals surface area contributed by atoms with E-state index in [4.69, 9.17) is 5.26 Å². The second-order valence-electron chi connectivity index (χ2n) is 7.58. The van der Waals surface area contributed by atoms with Gasteiger partial charge in [-0.2, -0.15) is 15.0 Å². The summed E-state index contributed by atoms with van der Waals surface area (Å²) < 4.78 is 3.29. The Kier molecular flexibility index (Phi) is 5.60. The highest BCUT2D eigenvalue weighted by molar-refractivity contribution is 5.77. The van der Waals surface area contributed by atoms with Crippen molar-refractivity contribution in [3.63, 3.8) is 0 Å². The number of aliphatic hydroxyl groups excluding tert-OH is 1. The molecule has 0 aromatic carbocycles. The molecule has 4 aromatic heterocycles. The van der Waals surface area contributed by atoms with Crippen LogP contribution >= 0.6 is 0 Å². The van der Waals surface area contributed by atoms with Crippen LogP contribution in [0.1, 0.15) is 38.4 Å². The summed E-state index contributed by atoms with van der Waals surface area (Å²) in [7, 11) is 0. The van der Waals surface area contributed by atoms with Gasteiger partial charge in [0.05, 0.1) is 41.6 Å². The molecule has 0 saturated heterocycles. The van der Waals surface area contributed by atoms with E-state index >= 15 is 0 Å². The molecule has 2 N–H and O–H groups in total. The summed E-state index contributed by atoms with van der Waals surface area (Å²) in [6.45, 7) is 6.02. The Morgan fingerprint density at radius 2 is 2.03 bits per heavy atom. The van der Waals surface area contributed by atoms with Gasteiger partial charge in [-0.05, 0) is 26.3 Å². The number of hydrogen-bond donors (Lipinski definition) is 2. The van der Waals surface area contributed by atoms with Crippen LogP contribution in [0.25, 0.3) is 22.5 Å². The third kappa shape index (κ3) is 4.22. The van der Waals surface area contributed by atoms with E-state index in [0.717, 1.165) is 16.8 Å². The summed E-state index contributed by atoms with van der Waals surface area (Å²) in [5.74, 6) is 0.584. The molecule has 4 rings (SSSR count). The standard InChI is InChI=1S/C21H23N9O/c1-4-17(31)6-16-12-29(28-27-16)19-11-23-20(7-18(19)26-13(2)3)30-21-15(10-25-30)5-14(8-22)9-24-21/h5,7,9-13,17,31H,4,6H2,1-3H3,(H,23,26). The van der Waals surface area contributed by atoms with Crippen LogP contribution in [0.4, 0.5) is 5.69 Å². The summed E-state index contributed by atoms with van der Waals surface area (Å²) in [5.41, 5.74) is 3.35. The number of rotatable bonds is 7. The van der Waals surface area contributed by atoms with Crippen LogP contribution in [0.15, 0.2) is 36.9 Å². The maximum absolute atomic E-state index is 9.89. The summed E-state index contributed by atoms with van der Waals surface area (Å²) in [4.78, 5) is 8.93. The molecule has 0 aliphatic heterocycles. The van der Waals surface area contributed by atoms with E-state index in [2.05, 4.69) is 36.8 Å². The number of hydrogen-bond acceptors (Lipinski definition) is 8. The van der Waals surface area contributed by atoms with Gasteiger partial charge < -0.3 is 10.4 Å². The van der Waals surface area contributed by atoms with E-state index < -0.39 is 6.10 Å².